The third kappa shape index (κ3) is 4.29. The number of oxime groups is 1. The van der Waals surface area contributed by atoms with Gasteiger partial charge in [0.15, 0.2) is 5.75 Å². The average Bonchev–Trinajstić information content (AvgIpc) is 2.56. The third-order valence-corrected chi connectivity index (χ3v) is 3.55. The Balaban J connectivity index is 2.28. The molecule has 7 heteroatoms. The van der Waals surface area contributed by atoms with Gasteiger partial charge in [-0.1, -0.05) is 17.3 Å². The van der Waals surface area contributed by atoms with Crippen molar-refractivity contribution in [2.75, 3.05) is 19.1 Å². The summed E-state index contributed by atoms with van der Waals surface area (Å²) in [5.74, 6) is 0.140. The van der Waals surface area contributed by atoms with E-state index < -0.39 is 0 Å². The van der Waals surface area contributed by atoms with Crippen LogP contribution in [0.25, 0.3) is 0 Å². The Kier molecular flexibility index (Phi) is 5.70. The number of benzene rings is 2. The maximum atomic E-state index is 13.3. The highest BCUT2D eigenvalue weighted by Gasteiger charge is 2.14. The Bertz CT molecular complexity index is 737. The van der Waals surface area contributed by atoms with Gasteiger partial charge in [-0.25, -0.2) is 4.39 Å². The van der Waals surface area contributed by atoms with Crippen molar-refractivity contribution in [1.29, 1.82) is 0 Å². The van der Waals surface area contributed by atoms with E-state index in [0.29, 0.717) is 21.7 Å². The average molecular weight is 381 g/mol. The molecule has 0 unspecified atom stereocenters. The molecule has 0 aliphatic heterocycles. The fourth-order valence-electron chi connectivity index (χ4n) is 1.79. The molecule has 0 fully saturated rings. The third-order valence-electron chi connectivity index (χ3n) is 2.94. The number of amides is 1. The van der Waals surface area contributed by atoms with Crippen molar-refractivity contribution in [1.82, 2.24) is 0 Å². The smallest absolute Gasteiger partial charge is 0.272 e. The van der Waals surface area contributed by atoms with Gasteiger partial charge in [0.1, 0.15) is 24.9 Å². The lowest BCUT2D eigenvalue weighted by molar-refractivity contribution is -0.112. The fraction of sp³-hybridized carbons (Fsp3) is 0.125. The normalized spacial score (nSPS) is 10.6. The first-order chi connectivity index (χ1) is 11.0. The van der Waals surface area contributed by atoms with Gasteiger partial charge in [-0.05, 0) is 46.3 Å². The van der Waals surface area contributed by atoms with Crippen molar-refractivity contribution >= 4 is 33.7 Å². The molecule has 0 atom stereocenters. The zero-order valence-electron chi connectivity index (χ0n) is 12.5. The number of rotatable bonds is 5. The molecule has 120 valence electrons. The molecule has 5 nitrogen and oxygen atoms in total. The second kappa shape index (κ2) is 7.73. The molecule has 2 aromatic carbocycles. The van der Waals surface area contributed by atoms with Gasteiger partial charge in [-0.15, -0.1) is 0 Å². The molecule has 0 aliphatic rings. The van der Waals surface area contributed by atoms with Gasteiger partial charge in [-0.2, -0.15) is 0 Å². The maximum Gasteiger partial charge on any atom is 0.272 e. The van der Waals surface area contributed by atoms with Crippen molar-refractivity contribution in [3.63, 3.8) is 0 Å². The topological polar surface area (TPSA) is 51.1 Å². The van der Waals surface area contributed by atoms with Gasteiger partial charge in [-0.3, -0.25) is 4.79 Å². The number of anilines is 1. The van der Waals surface area contributed by atoms with Gasteiger partial charge in [0.05, 0.1) is 10.2 Å². The molecular weight excluding hydrogens is 367 g/mol. The molecule has 0 heterocycles. The van der Waals surface area contributed by atoms with Crippen LogP contribution in [0.2, 0.25) is 0 Å². The SMILES string of the molecule is CON=CC(=O)N(C)c1ccccc1Oc1ccc(F)c(Br)c1. The van der Waals surface area contributed by atoms with Crippen LogP contribution in [0.1, 0.15) is 0 Å². The van der Waals surface area contributed by atoms with Crippen LogP contribution < -0.4 is 9.64 Å². The molecular formula is C16H14BrFN2O3. The Hall–Kier alpha value is -2.41. The Morgan fingerprint density at radius 1 is 1.30 bits per heavy atom. The van der Waals surface area contributed by atoms with E-state index in [1.165, 1.54) is 30.2 Å². The van der Waals surface area contributed by atoms with E-state index in [2.05, 4.69) is 25.9 Å². The van der Waals surface area contributed by atoms with Gasteiger partial charge in [0, 0.05) is 7.05 Å². The number of ether oxygens (including phenoxy) is 1. The number of carbonyl (C=O) groups is 1. The summed E-state index contributed by atoms with van der Waals surface area (Å²) in [6.45, 7) is 0. The lowest BCUT2D eigenvalue weighted by Crippen LogP contribution is -2.27. The highest BCUT2D eigenvalue weighted by atomic mass is 79.9. The van der Waals surface area contributed by atoms with Crippen LogP contribution >= 0.6 is 15.9 Å². The zero-order chi connectivity index (χ0) is 16.8. The molecule has 23 heavy (non-hydrogen) atoms. The van der Waals surface area contributed by atoms with Crippen LogP contribution in [-0.4, -0.2) is 26.3 Å². The molecule has 2 aromatic rings. The summed E-state index contributed by atoms with van der Waals surface area (Å²) < 4.78 is 19.3. The molecule has 1 amide bonds. The largest absolute Gasteiger partial charge is 0.455 e. The van der Waals surface area contributed by atoms with Crippen molar-refractivity contribution in [2.45, 2.75) is 0 Å². The lowest BCUT2D eigenvalue weighted by atomic mass is 10.2. The van der Waals surface area contributed by atoms with Crippen molar-refractivity contribution in [3.8, 4) is 11.5 Å². The summed E-state index contributed by atoms with van der Waals surface area (Å²) in [6, 6.07) is 11.3. The number of nitrogens with zero attached hydrogens (tertiary/aromatic N) is 2. The molecule has 0 saturated carbocycles. The molecule has 0 aliphatic carbocycles. The molecule has 0 saturated heterocycles. The standard InChI is InChI=1S/C16H14BrFN2O3/c1-20(16(21)10-19-22-2)14-5-3-4-6-15(14)23-11-7-8-13(18)12(17)9-11/h3-10H,1-2H3. The lowest BCUT2D eigenvalue weighted by Gasteiger charge is -2.19. The zero-order valence-corrected chi connectivity index (χ0v) is 14.1. The number of hydrogen-bond donors (Lipinski definition) is 0. The number of halogens is 2. The summed E-state index contributed by atoms with van der Waals surface area (Å²) in [7, 11) is 2.94. The minimum atomic E-state index is -0.381. The molecule has 2 rings (SSSR count). The van der Waals surface area contributed by atoms with E-state index >= 15 is 0 Å². The number of hydrogen-bond acceptors (Lipinski definition) is 4. The fourth-order valence-corrected chi connectivity index (χ4v) is 2.15. The van der Waals surface area contributed by atoms with Crippen LogP contribution in [0.4, 0.5) is 10.1 Å². The van der Waals surface area contributed by atoms with E-state index in [1.807, 2.05) is 0 Å². The van der Waals surface area contributed by atoms with Gasteiger partial charge >= 0.3 is 0 Å². The quantitative estimate of drug-likeness (QED) is 0.582. The van der Waals surface area contributed by atoms with Gasteiger partial charge < -0.3 is 14.5 Å². The minimum Gasteiger partial charge on any atom is -0.455 e. The first kappa shape index (κ1) is 17.0. The summed E-state index contributed by atoms with van der Waals surface area (Å²) in [6.07, 6.45) is 1.06. The van der Waals surface area contributed by atoms with Crippen molar-refractivity contribution < 1.29 is 18.8 Å². The minimum absolute atomic E-state index is 0.295. The molecule has 0 aromatic heterocycles. The highest BCUT2D eigenvalue weighted by molar-refractivity contribution is 9.10. The van der Waals surface area contributed by atoms with Crippen molar-refractivity contribution in [2.24, 2.45) is 5.16 Å². The monoisotopic (exact) mass is 380 g/mol. The van der Waals surface area contributed by atoms with E-state index in [-0.39, 0.29) is 11.7 Å². The Morgan fingerprint density at radius 3 is 2.74 bits per heavy atom. The van der Waals surface area contributed by atoms with E-state index in [9.17, 15) is 9.18 Å². The van der Waals surface area contributed by atoms with Crippen LogP contribution in [0, 0.1) is 5.82 Å². The van der Waals surface area contributed by atoms with Crippen LogP contribution in [0.3, 0.4) is 0 Å². The van der Waals surface area contributed by atoms with E-state index in [4.69, 9.17) is 4.74 Å². The van der Waals surface area contributed by atoms with Crippen LogP contribution in [0.15, 0.2) is 52.1 Å². The first-order valence-corrected chi connectivity index (χ1v) is 7.38. The highest BCUT2D eigenvalue weighted by Crippen LogP contribution is 2.33. The summed E-state index contributed by atoms with van der Waals surface area (Å²) >= 11 is 3.11. The van der Waals surface area contributed by atoms with E-state index in [1.54, 1.807) is 31.3 Å². The first-order valence-electron chi connectivity index (χ1n) is 6.59. The Morgan fingerprint density at radius 2 is 2.04 bits per heavy atom. The van der Waals surface area contributed by atoms with Crippen LogP contribution in [0.5, 0.6) is 11.5 Å². The van der Waals surface area contributed by atoms with Gasteiger partial charge in [0.2, 0.25) is 0 Å². The molecule has 0 N–H and O–H groups in total. The molecule has 0 bridgehead atoms. The Labute approximate surface area is 141 Å². The molecule has 0 radical (unpaired) electrons. The number of para-hydroxylation sites is 2. The van der Waals surface area contributed by atoms with Gasteiger partial charge in [0.25, 0.3) is 5.91 Å². The number of carbonyl (C=O) groups excluding carboxylic acids is 1. The second-order valence-electron chi connectivity index (χ2n) is 4.46. The summed E-state index contributed by atoms with van der Waals surface area (Å²) in [4.78, 5) is 17.9. The van der Waals surface area contributed by atoms with Crippen molar-refractivity contribution in [3.05, 3.63) is 52.8 Å². The second-order valence-corrected chi connectivity index (χ2v) is 5.31. The molecule has 0 spiro atoms. The maximum absolute atomic E-state index is 13.3. The van der Waals surface area contributed by atoms with Crippen LogP contribution in [-0.2, 0) is 9.63 Å². The predicted molar refractivity (Wildman–Crippen MR) is 89.5 cm³/mol. The summed E-state index contributed by atoms with van der Waals surface area (Å²) in [5.41, 5.74) is 0.542. The predicted octanol–water partition coefficient (Wildman–Crippen LogP) is 3.98. The van der Waals surface area contributed by atoms with E-state index in [0.717, 1.165) is 6.21 Å². The summed E-state index contributed by atoms with van der Waals surface area (Å²) in [5, 5.41) is 3.45.